The van der Waals surface area contributed by atoms with Gasteiger partial charge in [-0.15, -0.1) is 0 Å². The molecule has 0 bridgehead atoms. The van der Waals surface area contributed by atoms with E-state index in [0.29, 0.717) is 6.42 Å². The molecule has 2 N–H and O–H groups in total. The molecule has 0 unspecified atom stereocenters. The Hall–Kier alpha value is -2.07. The number of carbonyl (C=O) groups is 3. The first-order chi connectivity index (χ1) is 17.3. The Morgan fingerprint density at radius 3 is 2.33 bits per heavy atom. The molecule has 1 saturated heterocycles. The van der Waals surface area contributed by atoms with E-state index in [9.17, 15) is 19.5 Å². The van der Waals surface area contributed by atoms with E-state index in [-0.39, 0.29) is 24.1 Å². The fourth-order valence-electron chi connectivity index (χ4n) is 4.64. The molecule has 0 aromatic heterocycles. The fraction of sp³-hybridized carbons (Fsp3) is 0.593. The van der Waals surface area contributed by atoms with E-state index in [1.807, 2.05) is 30.3 Å². The summed E-state index contributed by atoms with van der Waals surface area (Å²) in [6.45, 7) is 1.81. The Bertz CT molecular complexity index is 937. The molecular weight excluding hydrogens is 530 g/mol. The Morgan fingerprint density at radius 2 is 1.69 bits per heavy atom. The van der Waals surface area contributed by atoms with Crippen molar-refractivity contribution in [2.24, 2.45) is 5.92 Å². The minimum absolute atomic E-state index is 0.0393. The summed E-state index contributed by atoms with van der Waals surface area (Å²) in [4.78, 5) is 39.6. The molecule has 36 heavy (non-hydrogen) atoms. The van der Waals surface area contributed by atoms with E-state index in [2.05, 4.69) is 15.9 Å². The molecular formula is C27H36BrNO7. The van der Waals surface area contributed by atoms with Gasteiger partial charge in [-0.25, -0.2) is 9.69 Å². The first-order valence-electron chi connectivity index (χ1n) is 12.8. The topological polar surface area (TPSA) is 113 Å². The standard InChI is InChI=1S/C27H36BrNO7/c1-19(25(32)29-21(18-35-26(29)33)20-13-9-8-10-14-20)24-22(31)17-23(28)27(34,36-24)15-11-6-4-2-3-5-7-12-16-30/h8-10,13-14,17,19,21,24,30,34H,2-7,11-12,15-16,18H2,1H3/t19-,21+,24-,27+/m0/s1. The Balaban J connectivity index is 1.59. The van der Waals surface area contributed by atoms with Crippen molar-refractivity contribution in [3.8, 4) is 0 Å². The molecule has 1 aromatic carbocycles. The van der Waals surface area contributed by atoms with Crippen molar-refractivity contribution in [3.63, 3.8) is 0 Å². The van der Waals surface area contributed by atoms with Gasteiger partial charge in [0.1, 0.15) is 18.8 Å². The van der Waals surface area contributed by atoms with Crippen LogP contribution in [0.15, 0.2) is 40.9 Å². The van der Waals surface area contributed by atoms with E-state index >= 15 is 0 Å². The maximum Gasteiger partial charge on any atom is 0.417 e. The summed E-state index contributed by atoms with van der Waals surface area (Å²) >= 11 is 3.27. The summed E-state index contributed by atoms with van der Waals surface area (Å²) in [5, 5.41) is 20.0. The number of cyclic esters (lactones) is 1. The lowest BCUT2D eigenvalue weighted by atomic mass is 9.93. The van der Waals surface area contributed by atoms with Crippen LogP contribution in [-0.2, 0) is 19.1 Å². The number of unbranched alkanes of at least 4 members (excludes halogenated alkanes) is 7. The van der Waals surface area contributed by atoms with Crippen molar-refractivity contribution in [1.29, 1.82) is 0 Å². The molecule has 0 radical (unpaired) electrons. The lowest BCUT2D eigenvalue weighted by Crippen LogP contribution is -2.51. The smallest absolute Gasteiger partial charge is 0.417 e. The number of hydrogen-bond donors (Lipinski definition) is 2. The summed E-state index contributed by atoms with van der Waals surface area (Å²) in [6, 6.07) is 8.52. The molecule has 198 valence electrons. The van der Waals surface area contributed by atoms with Crippen LogP contribution in [0.4, 0.5) is 4.79 Å². The van der Waals surface area contributed by atoms with Crippen molar-refractivity contribution in [2.45, 2.75) is 82.6 Å². The number of benzene rings is 1. The van der Waals surface area contributed by atoms with Gasteiger partial charge in [-0.2, -0.15) is 0 Å². The van der Waals surface area contributed by atoms with Crippen LogP contribution in [0.25, 0.3) is 0 Å². The van der Waals surface area contributed by atoms with Crippen molar-refractivity contribution in [1.82, 2.24) is 4.90 Å². The van der Waals surface area contributed by atoms with Crippen LogP contribution < -0.4 is 0 Å². The van der Waals surface area contributed by atoms with Gasteiger partial charge in [0, 0.05) is 13.0 Å². The molecule has 0 saturated carbocycles. The van der Waals surface area contributed by atoms with E-state index in [1.54, 1.807) is 0 Å². The van der Waals surface area contributed by atoms with Gasteiger partial charge in [0.15, 0.2) is 11.6 Å². The molecule has 9 heteroatoms. The molecule has 2 heterocycles. The lowest BCUT2D eigenvalue weighted by molar-refractivity contribution is -0.217. The maximum absolute atomic E-state index is 13.4. The van der Waals surface area contributed by atoms with E-state index in [0.717, 1.165) is 55.4 Å². The number of rotatable bonds is 13. The van der Waals surface area contributed by atoms with Crippen molar-refractivity contribution in [3.05, 3.63) is 46.5 Å². The Morgan fingerprint density at radius 1 is 1.08 bits per heavy atom. The molecule has 0 aliphatic carbocycles. The van der Waals surface area contributed by atoms with Gasteiger partial charge in [-0.3, -0.25) is 9.59 Å². The highest BCUT2D eigenvalue weighted by Gasteiger charge is 2.48. The van der Waals surface area contributed by atoms with Gasteiger partial charge in [-0.05, 0) is 40.4 Å². The average molecular weight is 566 g/mol. The van der Waals surface area contributed by atoms with Crippen LogP contribution in [0.5, 0.6) is 0 Å². The zero-order valence-corrected chi connectivity index (χ0v) is 22.3. The Labute approximate surface area is 220 Å². The molecule has 2 amide bonds. The summed E-state index contributed by atoms with van der Waals surface area (Å²) in [6.07, 6.45) is 7.37. The first-order valence-corrected chi connectivity index (χ1v) is 13.5. The van der Waals surface area contributed by atoms with E-state index in [1.165, 1.54) is 13.0 Å². The predicted octanol–water partition coefficient (Wildman–Crippen LogP) is 4.78. The highest BCUT2D eigenvalue weighted by molar-refractivity contribution is 9.11. The molecule has 0 spiro atoms. The first kappa shape index (κ1) is 28.5. The highest BCUT2D eigenvalue weighted by Crippen LogP contribution is 2.38. The number of aliphatic hydroxyl groups excluding tert-OH is 1. The zero-order valence-electron chi connectivity index (χ0n) is 20.7. The number of halogens is 1. The number of nitrogens with zero attached hydrogens (tertiary/aromatic N) is 1. The second kappa shape index (κ2) is 13.5. The van der Waals surface area contributed by atoms with Crippen LogP contribution in [0.2, 0.25) is 0 Å². The van der Waals surface area contributed by atoms with Crippen molar-refractivity contribution in [2.75, 3.05) is 13.2 Å². The SMILES string of the molecule is C[C@H](C(=O)N1C(=O)OC[C@@H]1c1ccccc1)[C@@H]1O[C@](O)(CCCCCCCCCCO)C(Br)=CC1=O. The normalized spacial score (nSPS) is 25.0. The molecule has 4 atom stereocenters. The van der Waals surface area contributed by atoms with Crippen molar-refractivity contribution < 1.29 is 34.1 Å². The molecule has 2 aliphatic rings. The maximum atomic E-state index is 13.4. The third-order valence-corrected chi connectivity index (χ3v) is 7.66. The molecule has 1 fully saturated rings. The summed E-state index contributed by atoms with van der Waals surface area (Å²) in [5.41, 5.74) is 0.757. The minimum Gasteiger partial charge on any atom is -0.446 e. The van der Waals surface area contributed by atoms with Gasteiger partial charge < -0.3 is 19.7 Å². The third-order valence-electron chi connectivity index (χ3n) is 6.81. The number of imide groups is 1. The fourth-order valence-corrected chi connectivity index (χ4v) is 5.16. The molecule has 8 nitrogen and oxygen atoms in total. The molecule has 3 rings (SSSR count). The van der Waals surface area contributed by atoms with E-state index in [4.69, 9.17) is 14.6 Å². The third kappa shape index (κ3) is 7.03. The van der Waals surface area contributed by atoms with E-state index < -0.39 is 41.6 Å². The van der Waals surface area contributed by atoms with Gasteiger partial charge in [0.25, 0.3) is 0 Å². The number of aliphatic hydroxyl groups is 2. The highest BCUT2D eigenvalue weighted by atomic mass is 79.9. The average Bonchev–Trinajstić information content (AvgIpc) is 3.26. The lowest BCUT2D eigenvalue weighted by Gasteiger charge is -2.37. The molecule has 1 aromatic rings. The van der Waals surface area contributed by atoms with Crippen LogP contribution in [-0.4, -0.2) is 58.0 Å². The van der Waals surface area contributed by atoms with Crippen LogP contribution >= 0.6 is 15.9 Å². The number of amides is 2. The van der Waals surface area contributed by atoms with Gasteiger partial charge in [0.05, 0.1) is 10.4 Å². The summed E-state index contributed by atoms with van der Waals surface area (Å²) in [7, 11) is 0. The minimum atomic E-state index is -1.71. The number of carbonyl (C=O) groups excluding carboxylic acids is 3. The van der Waals surface area contributed by atoms with Gasteiger partial charge in [0.2, 0.25) is 5.91 Å². The molecule has 2 aliphatic heterocycles. The predicted molar refractivity (Wildman–Crippen MR) is 137 cm³/mol. The van der Waals surface area contributed by atoms with Crippen LogP contribution in [0.1, 0.15) is 76.3 Å². The zero-order chi connectivity index (χ0) is 26.1. The van der Waals surface area contributed by atoms with Crippen molar-refractivity contribution >= 4 is 33.7 Å². The second-order valence-electron chi connectivity index (χ2n) is 9.52. The largest absolute Gasteiger partial charge is 0.446 e. The van der Waals surface area contributed by atoms with Gasteiger partial charge >= 0.3 is 6.09 Å². The summed E-state index contributed by atoms with van der Waals surface area (Å²) in [5.74, 6) is -3.74. The number of hydrogen-bond acceptors (Lipinski definition) is 7. The number of ketones is 1. The number of ether oxygens (including phenoxy) is 2. The quantitative estimate of drug-likeness (QED) is 0.331. The monoisotopic (exact) mass is 565 g/mol. The van der Waals surface area contributed by atoms with Crippen LogP contribution in [0.3, 0.4) is 0 Å². The summed E-state index contributed by atoms with van der Waals surface area (Å²) < 4.78 is 11.2. The van der Waals surface area contributed by atoms with Crippen LogP contribution in [0, 0.1) is 5.92 Å². The van der Waals surface area contributed by atoms with Gasteiger partial charge in [-0.1, -0.05) is 75.8 Å². The second-order valence-corrected chi connectivity index (χ2v) is 10.4. The Kier molecular flexibility index (Phi) is 10.7.